The lowest BCUT2D eigenvalue weighted by Gasteiger charge is -2.11. The molecule has 106 valence electrons. The molecule has 0 radical (unpaired) electrons. The summed E-state index contributed by atoms with van der Waals surface area (Å²) in [6, 6.07) is 6.59. The van der Waals surface area contributed by atoms with Crippen LogP contribution in [0, 0.1) is 0 Å². The van der Waals surface area contributed by atoms with Crippen molar-refractivity contribution in [1.82, 2.24) is 15.5 Å². The molecule has 0 saturated carbocycles. The fourth-order valence-electron chi connectivity index (χ4n) is 1.53. The van der Waals surface area contributed by atoms with Crippen LogP contribution in [-0.4, -0.2) is 22.1 Å². The standard InChI is InChI=1S/C13H15BrN4O2/c1-7(15)12(19)16-8(2)13-17-11(18-20-13)9-3-5-10(14)6-4-9/h3-8H,15H2,1-2H3,(H,16,19)/t7-,8?/m1/s1. The summed E-state index contributed by atoms with van der Waals surface area (Å²) in [7, 11) is 0. The zero-order valence-electron chi connectivity index (χ0n) is 11.1. The third-order valence-electron chi connectivity index (χ3n) is 2.69. The molecule has 2 rings (SSSR count). The molecule has 2 aromatic rings. The Labute approximate surface area is 124 Å². The van der Waals surface area contributed by atoms with Gasteiger partial charge in [-0.2, -0.15) is 4.98 Å². The highest BCUT2D eigenvalue weighted by Gasteiger charge is 2.18. The first-order valence-electron chi connectivity index (χ1n) is 6.13. The van der Waals surface area contributed by atoms with Crippen LogP contribution >= 0.6 is 15.9 Å². The van der Waals surface area contributed by atoms with Gasteiger partial charge in [0.2, 0.25) is 17.6 Å². The molecule has 0 saturated heterocycles. The number of carbonyl (C=O) groups excluding carboxylic acids is 1. The Bertz CT molecular complexity index is 595. The molecule has 2 atom stereocenters. The van der Waals surface area contributed by atoms with Gasteiger partial charge in [-0.3, -0.25) is 4.79 Å². The molecule has 7 heteroatoms. The monoisotopic (exact) mass is 338 g/mol. The van der Waals surface area contributed by atoms with Crippen LogP contribution in [0.15, 0.2) is 33.3 Å². The van der Waals surface area contributed by atoms with Crippen LogP contribution in [0.4, 0.5) is 0 Å². The molecule has 0 bridgehead atoms. The van der Waals surface area contributed by atoms with E-state index < -0.39 is 6.04 Å². The van der Waals surface area contributed by atoms with Crippen molar-refractivity contribution in [3.63, 3.8) is 0 Å². The third kappa shape index (κ3) is 3.43. The average molecular weight is 339 g/mol. The van der Waals surface area contributed by atoms with E-state index in [1.165, 1.54) is 0 Å². The second kappa shape index (κ2) is 6.15. The quantitative estimate of drug-likeness (QED) is 0.889. The molecular formula is C13H15BrN4O2. The van der Waals surface area contributed by atoms with Crippen LogP contribution in [0.2, 0.25) is 0 Å². The number of aromatic nitrogens is 2. The first-order chi connectivity index (χ1) is 9.47. The Kier molecular flexibility index (Phi) is 4.51. The van der Waals surface area contributed by atoms with Crippen LogP contribution in [0.5, 0.6) is 0 Å². The Morgan fingerprint density at radius 3 is 2.60 bits per heavy atom. The van der Waals surface area contributed by atoms with Gasteiger partial charge >= 0.3 is 0 Å². The number of hydrogen-bond donors (Lipinski definition) is 2. The largest absolute Gasteiger partial charge is 0.343 e. The lowest BCUT2D eigenvalue weighted by molar-refractivity contribution is -0.122. The van der Waals surface area contributed by atoms with E-state index >= 15 is 0 Å². The topological polar surface area (TPSA) is 94.0 Å². The van der Waals surface area contributed by atoms with E-state index in [9.17, 15) is 4.79 Å². The number of nitrogens with one attached hydrogen (secondary N) is 1. The highest BCUT2D eigenvalue weighted by molar-refractivity contribution is 9.10. The highest BCUT2D eigenvalue weighted by atomic mass is 79.9. The van der Waals surface area contributed by atoms with Crippen LogP contribution in [-0.2, 0) is 4.79 Å². The predicted molar refractivity (Wildman–Crippen MR) is 77.6 cm³/mol. The number of rotatable bonds is 4. The van der Waals surface area contributed by atoms with Gasteiger partial charge in [-0.1, -0.05) is 21.1 Å². The summed E-state index contributed by atoms with van der Waals surface area (Å²) in [5.74, 6) is 0.562. The molecule has 1 aromatic heterocycles. The molecule has 1 unspecified atom stereocenters. The zero-order valence-corrected chi connectivity index (χ0v) is 12.7. The second-order valence-electron chi connectivity index (χ2n) is 4.48. The maximum atomic E-state index is 11.5. The molecule has 0 aliphatic carbocycles. The van der Waals surface area contributed by atoms with Crippen LogP contribution < -0.4 is 11.1 Å². The fourth-order valence-corrected chi connectivity index (χ4v) is 1.80. The van der Waals surface area contributed by atoms with Gasteiger partial charge in [0.1, 0.15) is 6.04 Å². The molecule has 1 aromatic carbocycles. The van der Waals surface area contributed by atoms with E-state index in [1.807, 2.05) is 24.3 Å². The number of nitrogens with zero attached hydrogens (tertiary/aromatic N) is 2. The van der Waals surface area contributed by atoms with Gasteiger partial charge in [0.05, 0.1) is 6.04 Å². The van der Waals surface area contributed by atoms with Gasteiger partial charge in [0.25, 0.3) is 0 Å². The van der Waals surface area contributed by atoms with Gasteiger partial charge in [-0.05, 0) is 38.1 Å². The summed E-state index contributed by atoms with van der Waals surface area (Å²) in [6.45, 7) is 3.38. The lowest BCUT2D eigenvalue weighted by atomic mass is 10.2. The average Bonchev–Trinajstić information content (AvgIpc) is 2.89. The Morgan fingerprint density at radius 2 is 2.00 bits per heavy atom. The van der Waals surface area contributed by atoms with Gasteiger partial charge in [0, 0.05) is 10.0 Å². The van der Waals surface area contributed by atoms with E-state index in [2.05, 4.69) is 31.4 Å². The molecule has 20 heavy (non-hydrogen) atoms. The Morgan fingerprint density at radius 1 is 1.35 bits per heavy atom. The number of halogens is 1. The smallest absolute Gasteiger partial charge is 0.249 e. The van der Waals surface area contributed by atoms with Crippen LogP contribution in [0.3, 0.4) is 0 Å². The maximum absolute atomic E-state index is 11.5. The van der Waals surface area contributed by atoms with Crippen molar-refractivity contribution in [3.05, 3.63) is 34.6 Å². The minimum absolute atomic E-state index is 0.263. The molecule has 6 nitrogen and oxygen atoms in total. The summed E-state index contributed by atoms with van der Waals surface area (Å²) in [5, 5.41) is 6.61. The predicted octanol–water partition coefficient (Wildman–Crippen LogP) is 2.02. The van der Waals surface area contributed by atoms with E-state index in [0.717, 1.165) is 10.0 Å². The van der Waals surface area contributed by atoms with Crippen molar-refractivity contribution < 1.29 is 9.32 Å². The molecule has 0 fully saturated rings. The molecular weight excluding hydrogens is 324 g/mol. The van der Waals surface area contributed by atoms with Gasteiger partial charge in [-0.25, -0.2) is 0 Å². The third-order valence-corrected chi connectivity index (χ3v) is 3.22. The molecule has 0 aliphatic heterocycles. The Hall–Kier alpha value is -1.73. The zero-order chi connectivity index (χ0) is 14.7. The number of carbonyl (C=O) groups is 1. The van der Waals surface area contributed by atoms with Gasteiger partial charge in [-0.15, -0.1) is 0 Å². The van der Waals surface area contributed by atoms with Gasteiger partial charge < -0.3 is 15.6 Å². The van der Waals surface area contributed by atoms with Gasteiger partial charge in [0.15, 0.2) is 0 Å². The first-order valence-corrected chi connectivity index (χ1v) is 6.92. The van der Waals surface area contributed by atoms with Crippen molar-refractivity contribution >= 4 is 21.8 Å². The van der Waals surface area contributed by atoms with Crippen molar-refractivity contribution in [1.29, 1.82) is 0 Å². The van der Waals surface area contributed by atoms with E-state index in [-0.39, 0.29) is 11.9 Å². The molecule has 0 spiro atoms. The molecule has 0 aliphatic rings. The number of hydrogen-bond acceptors (Lipinski definition) is 5. The normalized spacial score (nSPS) is 13.8. The lowest BCUT2D eigenvalue weighted by Crippen LogP contribution is -2.39. The van der Waals surface area contributed by atoms with Crippen molar-refractivity contribution in [3.8, 4) is 11.4 Å². The molecule has 1 heterocycles. The first kappa shape index (κ1) is 14.7. The summed E-state index contributed by atoms with van der Waals surface area (Å²) in [5.41, 5.74) is 6.33. The second-order valence-corrected chi connectivity index (χ2v) is 5.40. The minimum atomic E-state index is -0.577. The summed E-state index contributed by atoms with van der Waals surface area (Å²) in [6.07, 6.45) is 0. The van der Waals surface area contributed by atoms with Crippen LogP contribution in [0.25, 0.3) is 11.4 Å². The van der Waals surface area contributed by atoms with Crippen LogP contribution in [0.1, 0.15) is 25.8 Å². The number of nitrogens with two attached hydrogens (primary N) is 1. The van der Waals surface area contributed by atoms with Crippen molar-refractivity contribution in [2.75, 3.05) is 0 Å². The maximum Gasteiger partial charge on any atom is 0.249 e. The summed E-state index contributed by atoms with van der Waals surface area (Å²) < 4.78 is 6.14. The molecule has 1 amide bonds. The highest BCUT2D eigenvalue weighted by Crippen LogP contribution is 2.20. The fraction of sp³-hybridized carbons (Fsp3) is 0.308. The van der Waals surface area contributed by atoms with E-state index in [4.69, 9.17) is 10.3 Å². The minimum Gasteiger partial charge on any atom is -0.343 e. The molecule has 3 N–H and O–H groups in total. The van der Waals surface area contributed by atoms with E-state index in [1.54, 1.807) is 13.8 Å². The number of amides is 1. The number of benzene rings is 1. The van der Waals surface area contributed by atoms with Crippen molar-refractivity contribution in [2.45, 2.75) is 25.9 Å². The Balaban J connectivity index is 2.12. The summed E-state index contributed by atoms with van der Waals surface area (Å²) >= 11 is 3.36. The summed E-state index contributed by atoms with van der Waals surface area (Å²) in [4.78, 5) is 15.8. The van der Waals surface area contributed by atoms with E-state index in [0.29, 0.717) is 11.7 Å². The SMILES string of the molecule is CC(NC(=O)[C@@H](C)N)c1nc(-c2ccc(Br)cc2)no1. The van der Waals surface area contributed by atoms with Crippen molar-refractivity contribution in [2.24, 2.45) is 5.73 Å².